The molecule has 0 spiro atoms. The Morgan fingerprint density at radius 1 is 1.47 bits per heavy atom. The molecule has 6 heteroatoms. The molecule has 2 N–H and O–H groups in total. The van der Waals surface area contributed by atoms with Crippen LogP contribution >= 0.6 is 11.3 Å². The summed E-state index contributed by atoms with van der Waals surface area (Å²) in [5, 5.41) is 0.624. The summed E-state index contributed by atoms with van der Waals surface area (Å²) in [5.74, 6) is 0.237. The van der Waals surface area contributed by atoms with Crippen LogP contribution in [0.1, 0.15) is 24.5 Å². The van der Waals surface area contributed by atoms with Crippen molar-refractivity contribution in [1.82, 2.24) is 4.98 Å². The maximum atomic E-state index is 12.2. The van der Waals surface area contributed by atoms with Crippen molar-refractivity contribution in [3.63, 3.8) is 0 Å². The van der Waals surface area contributed by atoms with Crippen LogP contribution in [0.25, 0.3) is 0 Å². The molecule has 0 aliphatic carbocycles. The van der Waals surface area contributed by atoms with E-state index in [4.69, 9.17) is 5.73 Å². The van der Waals surface area contributed by atoms with Gasteiger partial charge in [0.2, 0.25) is 0 Å². The topological polar surface area (TPSA) is 38.9 Å². The van der Waals surface area contributed by atoms with Crippen molar-refractivity contribution in [1.29, 1.82) is 0 Å². The second kappa shape index (κ2) is 4.49. The molecule has 1 aromatic rings. The molecule has 86 valence electrons. The first-order valence-electron chi connectivity index (χ1n) is 4.58. The minimum Gasteiger partial charge on any atom is -0.327 e. The Morgan fingerprint density at radius 3 is 2.47 bits per heavy atom. The number of hydrogen-bond donors (Lipinski definition) is 1. The fourth-order valence-corrected chi connectivity index (χ4v) is 1.71. The monoisotopic (exact) mass is 238 g/mol. The van der Waals surface area contributed by atoms with E-state index >= 15 is 0 Å². The zero-order valence-corrected chi connectivity index (χ0v) is 9.32. The van der Waals surface area contributed by atoms with E-state index in [9.17, 15) is 13.2 Å². The maximum Gasteiger partial charge on any atom is 0.443 e. The van der Waals surface area contributed by atoms with Gasteiger partial charge in [-0.05, 0) is 5.92 Å². The average molecular weight is 238 g/mol. The first kappa shape index (κ1) is 12.4. The van der Waals surface area contributed by atoms with E-state index in [0.717, 1.165) is 0 Å². The molecule has 0 aliphatic heterocycles. The van der Waals surface area contributed by atoms with Gasteiger partial charge in [0.1, 0.15) is 0 Å². The lowest BCUT2D eigenvalue weighted by Gasteiger charge is -2.13. The molecule has 0 saturated carbocycles. The zero-order valence-electron chi connectivity index (χ0n) is 8.51. The van der Waals surface area contributed by atoms with Crippen LogP contribution in [0, 0.1) is 5.92 Å². The smallest absolute Gasteiger partial charge is 0.327 e. The minimum absolute atomic E-state index is 0.145. The standard InChI is InChI=1S/C9H13F3N2S/c1-5(2)7(13)3-6-4-15-8(14-6)9(10,11)12/h4-5,7H,3,13H2,1-2H3. The van der Waals surface area contributed by atoms with Crippen molar-refractivity contribution in [2.75, 3.05) is 0 Å². The van der Waals surface area contributed by atoms with Crippen LogP contribution in [0.4, 0.5) is 13.2 Å². The third kappa shape index (κ3) is 3.46. The molecule has 0 amide bonds. The van der Waals surface area contributed by atoms with E-state index in [2.05, 4.69) is 4.98 Å². The summed E-state index contributed by atoms with van der Waals surface area (Å²) in [7, 11) is 0. The molecule has 1 heterocycles. The van der Waals surface area contributed by atoms with Crippen molar-refractivity contribution < 1.29 is 13.2 Å². The summed E-state index contributed by atoms with van der Waals surface area (Å²) in [6, 6.07) is -0.145. The third-order valence-electron chi connectivity index (χ3n) is 2.10. The molecule has 1 atom stereocenters. The fraction of sp³-hybridized carbons (Fsp3) is 0.667. The second-order valence-corrected chi connectivity index (χ2v) is 4.61. The van der Waals surface area contributed by atoms with Crippen LogP contribution in [0.15, 0.2) is 5.38 Å². The lowest BCUT2D eigenvalue weighted by molar-refractivity contribution is -0.137. The molecule has 0 fully saturated rings. The highest BCUT2D eigenvalue weighted by atomic mass is 32.1. The van der Waals surface area contributed by atoms with E-state index in [0.29, 0.717) is 23.5 Å². The Labute approximate surface area is 90.3 Å². The summed E-state index contributed by atoms with van der Waals surface area (Å²) in [6.07, 6.45) is -3.95. The summed E-state index contributed by atoms with van der Waals surface area (Å²) < 4.78 is 36.6. The second-order valence-electron chi connectivity index (χ2n) is 3.75. The first-order valence-corrected chi connectivity index (χ1v) is 5.46. The number of nitrogens with zero attached hydrogens (tertiary/aromatic N) is 1. The highest BCUT2D eigenvalue weighted by molar-refractivity contribution is 7.09. The highest BCUT2D eigenvalue weighted by Gasteiger charge is 2.34. The largest absolute Gasteiger partial charge is 0.443 e. The summed E-state index contributed by atoms with van der Waals surface area (Å²) in [5.41, 5.74) is 6.17. The molecule has 0 aromatic carbocycles. The van der Waals surface area contributed by atoms with Crippen LogP contribution in [0.5, 0.6) is 0 Å². The quantitative estimate of drug-likeness (QED) is 0.879. The number of rotatable bonds is 3. The number of alkyl halides is 3. The lowest BCUT2D eigenvalue weighted by atomic mass is 10.0. The van der Waals surface area contributed by atoms with E-state index < -0.39 is 11.2 Å². The van der Waals surface area contributed by atoms with E-state index in [1.807, 2.05) is 13.8 Å². The van der Waals surface area contributed by atoms with Gasteiger partial charge < -0.3 is 5.73 Å². The van der Waals surface area contributed by atoms with Crippen molar-refractivity contribution in [3.8, 4) is 0 Å². The fourth-order valence-electron chi connectivity index (χ4n) is 1.01. The zero-order chi connectivity index (χ0) is 11.6. The van der Waals surface area contributed by atoms with Gasteiger partial charge in [-0.1, -0.05) is 13.8 Å². The van der Waals surface area contributed by atoms with Crippen molar-refractivity contribution in [2.24, 2.45) is 11.7 Å². The first-order chi connectivity index (χ1) is 6.80. The Kier molecular flexibility index (Phi) is 3.72. The molecular weight excluding hydrogens is 225 g/mol. The number of aromatic nitrogens is 1. The maximum absolute atomic E-state index is 12.2. The molecule has 1 unspecified atom stereocenters. The van der Waals surface area contributed by atoms with Crippen LogP contribution < -0.4 is 5.73 Å². The van der Waals surface area contributed by atoms with Crippen LogP contribution in [0.3, 0.4) is 0 Å². The van der Waals surface area contributed by atoms with Crippen LogP contribution in [-0.4, -0.2) is 11.0 Å². The van der Waals surface area contributed by atoms with Gasteiger partial charge in [-0.2, -0.15) is 13.2 Å². The van der Waals surface area contributed by atoms with Gasteiger partial charge in [0, 0.05) is 17.8 Å². The Balaban J connectivity index is 2.69. The third-order valence-corrected chi connectivity index (χ3v) is 3.03. The Hall–Kier alpha value is -0.620. The molecule has 0 bridgehead atoms. The van der Waals surface area contributed by atoms with Crippen molar-refractivity contribution in [2.45, 2.75) is 32.5 Å². The summed E-state index contributed by atoms with van der Waals surface area (Å²) in [4.78, 5) is 3.52. The van der Waals surface area contributed by atoms with Gasteiger partial charge >= 0.3 is 6.18 Å². The van der Waals surface area contributed by atoms with Gasteiger partial charge in [-0.25, -0.2) is 4.98 Å². The SMILES string of the molecule is CC(C)C(N)Cc1csc(C(F)(F)F)n1. The summed E-state index contributed by atoms with van der Waals surface area (Å²) in [6.45, 7) is 3.86. The average Bonchev–Trinajstić information content (AvgIpc) is 2.51. The molecule has 0 aliphatic rings. The van der Waals surface area contributed by atoms with Gasteiger partial charge in [0.05, 0.1) is 5.69 Å². The molecule has 2 nitrogen and oxygen atoms in total. The minimum atomic E-state index is -4.34. The Morgan fingerprint density at radius 2 is 2.07 bits per heavy atom. The van der Waals surface area contributed by atoms with Crippen molar-refractivity contribution in [3.05, 3.63) is 16.1 Å². The molecule has 1 rings (SSSR count). The molecule has 0 radical (unpaired) electrons. The number of halogens is 3. The van der Waals surface area contributed by atoms with Crippen LogP contribution in [-0.2, 0) is 12.6 Å². The highest BCUT2D eigenvalue weighted by Crippen LogP contribution is 2.31. The normalized spacial score (nSPS) is 14.6. The molecule has 0 saturated heterocycles. The van der Waals surface area contributed by atoms with E-state index in [-0.39, 0.29) is 12.0 Å². The summed E-state index contributed by atoms with van der Waals surface area (Å²) >= 11 is 0.619. The van der Waals surface area contributed by atoms with E-state index in [1.165, 1.54) is 5.38 Å². The Bertz CT molecular complexity index is 319. The molecule has 1 aromatic heterocycles. The van der Waals surface area contributed by atoms with Gasteiger partial charge in [0.15, 0.2) is 5.01 Å². The number of nitrogens with two attached hydrogens (primary N) is 1. The number of hydrogen-bond acceptors (Lipinski definition) is 3. The predicted octanol–water partition coefficient (Wildman–Crippen LogP) is 2.69. The van der Waals surface area contributed by atoms with Gasteiger partial charge in [0.25, 0.3) is 0 Å². The van der Waals surface area contributed by atoms with Gasteiger partial charge in [-0.15, -0.1) is 11.3 Å². The lowest BCUT2D eigenvalue weighted by Crippen LogP contribution is -2.28. The van der Waals surface area contributed by atoms with Crippen molar-refractivity contribution >= 4 is 11.3 Å². The molecular formula is C9H13F3N2S. The van der Waals surface area contributed by atoms with Crippen LogP contribution in [0.2, 0.25) is 0 Å². The number of thiazole rings is 1. The predicted molar refractivity (Wildman–Crippen MR) is 53.6 cm³/mol. The molecule has 15 heavy (non-hydrogen) atoms. The van der Waals surface area contributed by atoms with Gasteiger partial charge in [-0.3, -0.25) is 0 Å². The van der Waals surface area contributed by atoms with E-state index in [1.54, 1.807) is 0 Å².